The fourth-order valence-corrected chi connectivity index (χ4v) is 5.38. The summed E-state index contributed by atoms with van der Waals surface area (Å²) in [6, 6.07) is 3.50. The molecule has 2 aliphatic rings. The number of nitrogens with two attached hydrogens (primary N) is 1. The summed E-state index contributed by atoms with van der Waals surface area (Å²) >= 11 is 1.07. The standard InChI is InChI=1S/C22H28BN5O7S/c1-28(6-4-12(10-29)5-7-28)9-14-3-2-13-8-16(23(33)35-19(13)17(14)21(31)32)26-20(30)18(27-34)15-11-36-22(24)25-15/h2-3,11-12,16,29,33H,4-10H2,1H3,(H4-,24,25,26,30,31,32,34)/p+1. The molecule has 192 valence electrons. The highest BCUT2D eigenvalue weighted by atomic mass is 32.1. The second kappa shape index (κ2) is 10.4. The van der Waals surface area contributed by atoms with Crippen molar-refractivity contribution in [2.45, 2.75) is 31.7 Å². The monoisotopic (exact) mass is 518 g/mol. The van der Waals surface area contributed by atoms with Crippen LogP contribution >= 0.6 is 11.3 Å². The fourth-order valence-electron chi connectivity index (χ4n) is 4.83. The molecule has 1 saturated heterocycles. The van der Waals surface area contributed by atoms with Gasteiger partial charge in [-0.1, -0.05) is 17.3 Å². The zero-order chi connectivity index (χ0) is 26.0. The molecule has 1 unspecified atom stereocenters. The zero-order valence-corrected chi connectivity index (χ0v) is 20.6. The molecular formula is C22H29BN5O7S+. The maximum absolute atomic E-state index is 12.7. The summed E-state index contributed by atoms with van der Waals surface area (Å²) in [5, 5.41) is 46.6. The number of likely N-dealkylation sites (tertiary alicyclic amines) is 1. The number of rotatable bonds is 7. The number of thiazole rings is 1. The van der Waals surface area contributed by atoms with Crippen molar-refractivity contribution in [2.75, 3.05) is 32.5 Å². The number of fused-ring (bicyclic) bond motifs is 1. The molecule has 14 heteroatoms. The van der Waals surface area contributed by atoms with E-state index in [2.05, 4.69) is 22.5 Å². The van der Waals surface area contributed by atoms with E-state index in [1.165, 1.54) is 5.38 Å². The van der Waals surface area contributed by atoms with E-state index >= 15 is 0 Å². The third-order valence-corrected chi connectivity index (χ3v) is 7.60. The number of hydrogen-bond acceptors (Lipinski definition) is 10. The molecule has 7 N–H and O–H groups in total. The van der Waals surface area contributed by atoms with Gasteiger partial charge in [-0.2, -0.15) is 0 Å². The maximum atomic E-state index is 12.7. The van der Waals surface area contributed by atoms with Crippen LogP contribution in [0.2, 0.25) is 0 Å². The van der Waals surface area contributed by atoms with E-state index in [4.69, 9.17) is 10.4 Å². The first-order valence-corrected chi connectivity index (χ1v) is 12.4. The first-order chi connectivity index (χ1) is 17.1. The minimum atomic E-state index is -1.53. The lowest BCUT2D eigenvalue weighted by atomic mass is 9.72. The molecule has 0 spiro atoms. The molecule has 0 aliphatic carbocycles. The lowest BCUT2D eigenvalue weighted by Crippen LogP contribution is -2.54. The van der Waals surface area contributed by atoms with Crippen molar-refractivity contribution in [3.05, 3.63) is 39.9 Å². The quantitative estimate of drug-likeness (QED) is 0.0971. The molecule has 2 aromatic rings. The van der Waals surface area contributed by atoms with Gasteiger partial charge in [0.25, 0.3) is 5.91 Å². The van der Waals surface area contributed by atoms with Crippen LogP contribution in [0.5, 0.6) is 5.75 Å². The first kappa shape index (κ1) is 25.9. The van der Waals surface area contributed by atoms with Crippen molar-refractivity contribution in [3.63, 3.8) is 0 Å². The Morgan fingerprint density at radius 1 is 1.36 bits per heavy atom. The number of amides is 1. The minimum Gasteiger partial charge on any atom is -0.534 e. The largest absolute Gasteiger partial charge is 0.547 e. The number of anilines is 1. The Kier molecular flexibility index (Phi) is 7.50. The number of carboxylic acid groups (broad SMARTS) is 1. The Bertz CT molecular complexity index is 1180. The van der Waals surface area contributed by atoms with Gasteiger partial charge < -0.3 is 40.6 Å². The highest BCUT2D eigenvalue weighted by molar-refractivity contribution is 7.13. The van der Waals surface area contributed by atoms with E-state index in [9.17, 15) is 30.0 Å². The predicted molar refractivity (Wildman–Crippen MR) is 132 cm³/mol. The number of carboxylic acids is 1. The number of piperidine rings is 1. The Labute approximate surface area is 211 Å². The Morgan fingerprint density at radius 2 is 2.08 bits per heavy atom. The van der Waals surface area contributed by atoms with Gasteiger partial charge in [-0.15, -0.1) is 11.3 Å². The molecule has 4 rings (SSSR count). The van der Waals surface area contributed by atoms with Gasteiger partial charge in [0.15, 0.2) is 10.8 Å². The fraction of sp³-hybridized carbons (Fsp3) is 0.455. The van der Waals surface area contributed by atoms with Crippen molar-refractivity contribution >= 4 is 41.2 Å². The van der Waals surface area contributed by atoms with E-state index in [1.807, 2.05) is 0 Å². The number of nitrogen functional groups attached to an aromatic ring is 1. The van der Waals surface area contributed by atoms with Gasteiger partial charge in [-0.25, -0.2) is 9.78 Å². The lowest BCUT2D eigenvalue weighted by molar-refractivity contribution is -0.928. The molecule has 36 heavy (non-hydrogen) atoms. The Balaban J connectivity index is 1.54. The minimum absolute atomic E-state index is 0.00415. The van der Waals surface area contributed by atoms with Gasteiger partial charge in [0.05, 0.1) is 26.1 Å². The van der Waals surface area contributed by atoms with Crippen LogP contribution in [-0.4, -0.2) is 87.3 Å². The molecule has 0 bridgehead atoms. The molecule has 3 heterocycles. The number of quaternary nitrogens is 1. The molecular weight excluding hydrogens is 489 g/mol. The topological polar surface area (TPSA) is 188 Å². The van der Waals surface area contributed by atoms with Crippen molar-refractivity contribution < 1.29 is 39.2 Å². The molecule has 1 aromatic carbocycles. The summed E-state index contributed by atoms with van der Waals surface area (Å²) in [6.07, 6.45) is 1.83. The zero-order valence-electron chi connectivity index (χ0n) is 19.8. The molecule has 1 amide bonds. The van der Waals surface area contributed by atoms with Gasteiger partial charge in [0.2, 0.25) is 0 Å². The summed E-state index contributed by atoms with van der Waals surface area (Å²) in [5.74, 6) is -2.53. The van der Waals surface area contributed by atoms with Gasteiger partial charge in [0.1, 0.15) is 23.6 Å². The number of carbonyl (C=O) groups excluding carboxylic acids is 1. The van der Waals surface area contributed by atoms with Gasteiger partial charge in [0, 0.05) is 30.4 Å². The van der Waals surface area contributed by atoms with Crippen LogP contribution in [0.1, 0.15) is 40.0 Å². The third kappa shape index (κ3) is 5.31. The average molecular weight is 518 g/mol. The lowest BCUT2D eigenvalue weighted by Gasteiger charge is -2.41. The van der Waals surface area contributed by atoms with Crippen LogP contribution in [0.25, 0.3) is 0 Å². The van der Waals surface area contributed by atoms with Crippen LogP contribution in [0, 0.1) is 5.92 Å². The van der Waals surface area contributed by atoms with E-state index in [0.29, 0.717) is 22.2 Å². The second-order valence-electron chi connectivity index (χ2n) is 9.56. The number of aromatic carboxylic acids is 1. The summed E-state index contributed by atoms with van der Waals surface area (Å²) in [4.78, 5) is 28.9. The summed E-state index contributed by atoms with van der Waals surface area (Å²) in [7, 11) is 0.538. The third-order valence-electron chi connectivity index (χ3n) is 6.92. The van der Waals surface area contributed by atoms with Crippen LogP contribution in [0.3, 0.4) is 0 Å². The van der Waals surface area contributed by atoms with Crippen LogP contribution in [0.4, 0.5) is 5.13 Å². The van der Waals surface area contributed by atoms with Crippen molar-refractivity contribution in [3.8, 4) is 5.75 Å². The number of hydrogen-bond donors (Lipinski definition) is 6. The number of aliphatic hydroxyl groups is 1. The first-order valence-electron chi connectivity index (χ1n) is 11.6. The van der Waals surface area contributed by atoms with Gasteiger partial charge >= 0.3 is 13.1 Å². The van der Waals surface area contributed by atoms with Crippen molar-refractivity contribution in [1.29, 1.82) is 0 Å². The molecule has 2 aliphatic heterocycles. The summed E-state index contributed by atoms with van der Waals surface area (Å²) < 4.78 is 6.28. The molecule has 1 fully saturated rings. The normalized spacial score (nSPS) is 24.1. The van der Waals surface area contributed by atoms with Crippen LogP contribution in [0.15, 0.2) is 22.7 Å². The Hall–Kier alpha value is -3.20. The van der Waals surface area contributed by atoms with E-state index in [-0.39, 0.29) is 46.8 Å². The van der Waals surface area contributed by atoms with Crippen LogP contribution < -0.4 is 15.7 Å². The predicted octanol–water partition coefficient (Wildman–Crippen LogP) is 0.0903. The van der Waals surface area contributed by atoms with Crippen molar-refractivity contribution in [1.82, 2.24) is 10.3 Å². The highest BCUT2D eigenvalue weighted by Crippen LogP contribution is 2.35. The second-order valence-corrected chi connectivity index (χ2v) is 10.4. The number of benzene rings is 1. The Morgan fingerprint density at radius 3 is 2.67 bits per heavy atom. The SMILES string of the molecule is C[N+]1(Cc2ccc3c(c2C(=O)O)OB(O)C(NC(=O)C(=NO)c2csc(N)n2)C3)CCC(CO)CC1. The number of nitrogens with one attached hydrogen (secondary N) is 1. The summed E-state index contributed by atoms with van der Waals surface area (Å²) in [5.41, 5.74) is 6.41. The molecule has 12 nitrogen and oxygen atoms in total. The number of oxime groups is 1. The summed E-state index contributed by atoms with van der Waals surface area (Å²) in [6.45, 7) is 2.27. The number of aromatic nitrogens is 1. The van der Waals surface area contributed by atoms with Gasteiger partial charge in [-0.05, 0) is 17.9 Å². The van der Waals surface area contributed by atoms with Gasteiger partial charge in [-0.3, -0.25) is 4.79 Å². The number of nitrogens with zero attached hydrogens (tertiary/aromatic N) is 3. The van der Waals surface area contributed by atoms with E-state index in [0.717, 1.165) is 37.3 Å². The number of carbonyl (C=O) groups is 2. The highest BCUT2D eigenvalue weighted by Gasteiger charge is 2.40. The molecule has 1 aromatic heterocycles. The van der Waals surface area contributed by atoms with Crippen LogP contribution in [-0.2, 0) is 17.8 Å². The smallest absolute Gasteiger partial charge is 0.534 e. The van der Waals surface area contributed by atoms with E-state index in [1.54, 1.807) is 12.1 Å². The van der Waals surface area contributed by atoms with E-state index < -0.39 is 24.9 Å². The number of aliphatic hydroxyl groups excluding tert-OH is 1. The van der Waals surface area contributed by atoms with Crippen molar-refractivity contribution in [2.24, 2.45) is 11.1 Å². The molecule has 1 atom stereocenters. The maximum Gasteiger partial charge on any atom is 0.547 e. The molecule has 0 saturated carbocycles. The molecule has 0 radical (unpaired) electrons. The average Bonchev–Trinajstić information content (AvgIpc) is 3.26.